The van der Waals surface area contributed by atoms with E-state index in [0.717, 1.165) is 16.9 Å². The Bertz CT molecular complexity index is 815. The zero-order chi connectivity index (χ0) is 16.4. The Morgan fingerprint density at radius 3 is 2.61 bits per heavy atom. The van der Waals surface area contributed by atoms with Gasteiger partial charge in [-0.2, -0.15) is 4.31 Å². The largest absolute Gasteiger partial charge is 0.497 e. The van der Waals surface area contributed by atoms with Crippen molar-refractivity contribution in [2.45, 2.75) is 17.4 Å². The van der Waals surface area contributed by atoms with Crippen LogP contribution < -0.4 is 4.74 Å². The minimum atomic E-state index is -3.52. The number of hydrogen-bond donors (Lipinski definition) is 0. The van der Waals surface area contributed by atoms with Gasteiger partial charge in [-0.25, -0.2) is 8.42 Å². The Morgan fingerprint density at radius 1 is 1.22 bits per heavy atom. The zero-order valence-electron chi connectivity index (χ0n) is 13.0. The minimum Gasteiger partial charge on any atom is -0.497 e. The van der Waals surface area contributed by atoms with Gasteiger partial charge in [-0.05, 0) is 35.4 Å². The second-order valence-corrected chi connectivity index (χ2v) is 7.46. The highest BCUT2D eigenvalue weighted by atomic mass is 32.2. The van der Waals surface area contributed by atoms with Crippen LogP contribution in [0.1, 0.15) is 17.0 Å². The summed E-state index contributed by atoms with van der Waals surface area (Å²) in [6.45, 7) is 4.61. The summed E-state index contributed by atoms with van der Waals surface area (Å²) in [6, 6.07) is 14.3. The summed E-state index contributed by atoms with van der Waals surface area (Å²) in [5, 5.41) is 0. The SMILES string of the molecule is C=C[C@@H]1CN(S(=O)(=O)c2ccccc2)Cc2cc(OC)ccc21. The van der Waals surface area contributed by atoms with Crippen LogP contribution in [0.3, 0.4) is 0 Å². The average Bonchev–Trinajstić information content (AvgIpc) is 2.60. The molecule has 1 aliphatic heterocycles. The summed E-state index contributed by atoms with van der Waals surface area (Å²) in [7, 11) is -1.92. The van der Waals surface area contributed by atoms with Crippen molar-refractivity contribution in [3.05, 3.63) is 72.3 Å². The van der Waals surface area contributed by atoms with Crippen molar-refractivity contribution in [3.8, 4) is 5.75 Å². The molecule has 4 nitrogen and oxygen atoms in total. The van der Waals surface area contributed by atoms with Crippen molar-refractivity contribution < 1.29 is 13.2 Å². The van der Waals surface area contributed by atoms with Crippen molar-refractivity contribution in [2.75, 3.05) is 13.7 Å². The van der Waals surface area contributed by atoms with Crippen LogP contribution in [-0.4, -0.2) is 26.4 Å². The smallest absolute Gasteiger partial charge is 0.243 e. The molecule has 23 heavy (non-hydrogen) atoms. The number of benzene rings is 2. The van der Waals surface area contributed by atoms with Crippen molar-refractivity contribution in [2.24, 2.45) is 0 Å². The highest BCUT2D eigenvalue weighted by Crippen LogP contribution is 2.34. The number of methoxy groups -OCH3 is 1. The van der Waals surface area contributed by atoms with Gasteiger partial charge in [0.25, 0.3) is 0 Å². The lowest BCUT2D eigenvalue weighted by atomic mass is 9.91. The van der Waals surface area contributed by atoms with Gasteiger partial charge in [0.1, 0.15) is 5.75 Å². The first-order valence-corrected chi connectivity index (χ1v) is 8.85. The van der Waals surface area contributed by atoms with Crippen LogP contribution in [0.15, 0.2) is 66.1 Å². The van der Waals surface area contributed by atoms with E-state index in [1.54, 1.807) is 37.5 Å². The summed E-state index contributed by atoms with van der Waals surface area (Å²) >= 11 is 0. The molecule has 0 fully saturated rings. The third-order valence-electron chi connectivity index (χ3n) is 4.16. The number of hydrogen-bond acceptors (Lipinski definition) is 3. The highest BCUT2D eigenvalue weighted by molar-refractivity contribution is 7.89. The van der Waals surface area contributed by atoms with Crippen molar-refractivity contribution in [3.63, 3.8) is 0 Å². The highest BCUT2D eigenvalue weighted by Gasteiger charge is 2.32. The fourth-order valence-electron chi connectivity index (χ4n) is 2.91. The molecule has 0 saturated carbocycles. The van der Waals surface area contributed by atoms with Crippen LogP contribution in [0.2, 0.25) is 0 Å². The van der Waals surface area contributed by atoms with Crippen LogP contribution >= 0.6 is 0 Å². The first-order valence-electron chi connectivity index (χ1n) is 7.41. The van der Waals surface area contributed by atoms with E-state index in [-0.39, 0.29) is 5.92 Å². The predicted molar refractivity (Wildman–Crippen MR) is 90.0 cm³/mol. The quantitative estimate of drug-likeness (QED) is 0.810. The van der Waals surface area contributed by atoms with Crippen LogP contribution in [0, 0.1) is 0 Å². The summed E-state index contributed by atoms with van der Waals surface area (Å²) in [6.07, 6.45) is 1.80. The lowest BCUT2D eigenvalue weighted by molar-refractivity contribution is 0.371. The number of rotatable bonds is 4. The number of sulfonamides is 1. The molecule has 2 aromatic carbocycles. The topological polar surface area (TPSA) is 46.6 Å². The number of ether oxygens (including phenoxy) is 1. The molecule has 0 N–H and O–H groups in total. The summed E-state index contributed by atoms with van der Waals surface area (Å²) < 4.78 is 32.5. The lowest BCUT2D eigenvalue weighted by Gasteiger charge is -2.32. The molecule has 1 heterocycles. The fraction of sp³-hybridized carbons (Fsp3) is 0.222. The Morgan fingerprint density at radius 2 is 1.96 bits per heavy atom. The molecule has 0 aliphatic carbocycles. The first-order chi connectivity index (χ1) is 11.1. The zero-order valence-corrected chi connectivity index (χ0v) is 13.8. The molecule has 0 spiro atoms. The van der Waals surface area contributed by atoms with E-state index in [1.807, 2.05) is 24.3 Å². The average molecular weight is 329 g/mol. The maximum Gasteiger partial charge on any atom is 0.243 e. The van der Waals surface area contributed by atoms with Crippen molar-refractivity contribution >= 4 is 10.0 Å². The molecule has 2 aromatic rings. The molecule has 0 saturated heterocycles. The Labute approximate surface area is 137 Å². The number of nitrogens with zero attached hydrogens (tertiary/aromatic N) is 1. The Balaban J connectivity index is 2.02. The molecule has 120 valence electrons. The van der Waals surface area contributed by atoms with Gasteiger partial charge in [0.2, 0.25) is 10.0 Å². The molecule has 5 heteroatoms. The monoisotopic (exact) mass is 329 g/mol. The van der Waals surface area contributed by atoms with Gasteiger partial charge < -0.3 is 4.74 Å². The Hall–Kier alpha value is -2.11. The van der Waals surface area contributed by atoms with E-state index in [0.29, 0.717) is 18.0 Å². The molecule has 1 atom stereocenters. The van der Waals surface area contributed by atoms with E-state index < -0.39 is 10.0 Å². The third kappa shape index (κ3) is 2.90. The van der Waals surface area contributed by atoms with Gasteiger partial charge in [-0.1, -0.05) is 30.3 Å². The van der Waals surface area contributed by atoms with Gasteiger partial charge in [-0.15, -0.1) is 6.58 Å². The standard InChI is InChI=1S/C18H19NO3S/c1-3-14-12-19(23(20,21)17-7-5-4-6-8-17)13-15-11-16(22-2)9-10-18(14)15/h3-11,14H,1,12-13H2,2H3/t14-/m1/s1. The molecular formula is C18H19NO3S. The van der Waals surface area contributed by atoms with Gasteiger partial charge >= 0.3 is 0 Å². The second-order valence-electron chi connectivity index (χ2n) is 5.52. The Kier molecular flexibility index (Phi) is 4.24. The number of fused-ring (bicyclic) bond motifs is 1. The molecule has 3 rings (SSSR count). The maximum absolute atomic E-state index is 12.9. The minimum absolute atomic E-state index is 0.0249. The van der Waals surface area contributed by atoms with Crippen molar-refractivity contribution in [1.29, 1.82) is 0 Å². The van der Waals surface area contributed by atoms with Crippen molar-refractivity contribution in [1.82, 2.24) is 4.31 Å². The normalized spacial score (nSPS) is 18.2. The molecule has 0 radical (unpaired) electrons. The van der Waals surface area contributed by atoms with Crippen LogP contribution in [-0.2, 0) is 16.6 Å². The molecular weight excluding hydrogens is 310 g/mol. The van der Waals surface area contributed by atoms with Gasteiger partial charge in [-0.3, -0.25) is 0 Å². The summed E-state index contributed by atoms with van der Waals surface area (Å²) in [5.74, 6) is 0.702. The van der Waals surface area contributed by atoms with Crippen LogP contribution in [0.5, 0.6) is 5.75 Å². The predicted octanol–water partition coefficient (Wildman–Crippen LogP) is 3.17. The van der Waals surface area contributed by atoms with Gasteiger partial charge in [0.15, 0.2) is 0 Å². The molecule has 0 bridgehead atoms. The van der Waals surface area contributed by atoms with Crippen LogP contribution in [0.4, 0.5) is 0 Å². The van der Waals surface area contributed by atoms with Gasteiger partial charge in [0, 0.05) is 19.0 Å². The molecule has 1 aliphatic rings. The van der Waals surface area contributed by atoms with E-state index in [4.69, 9.17) is 4.74 Å². The lowest BCUT2D eigenvalue weighted by Crippen LogP contribution is -2.37. The van der Waals surface area contributed by atoms with E-state index in [9.17, 15) is 8.42 Å². The maximum atomic E-state index is 12.9. The summed E-state index contributed by atoms with van der Waals surface area (Å²) in [4.78, 5) is 0.314. The fourth-order valence-corrected chi connectivity index (χ4v) is 4.37. The molecule has 0 unspecified atom stereocenters. The molecule has 0 aromatic heterocycles. The van der Waals surface area contributed by atoms with E-state index in [1.165, 1.54) is 4.31 Å². The van der Waals surface area contributed by atoms with E-state index >= 15 is 0 Å². The van der Waals surface area contributed by atoms with Crippen LogP contribution in [0.25, 0.3) is 0 Å². The summed E-state index contributed by atoms with van der Waals surface area (Å²) in [5.41, 5.74) is 2.07. The first kappa shape index (κ1) is 15.8. The third-order valence-corrected chi connectivity index (χ3v) is 5.99. The van der Waals surface area contributed by atoms with Gasteiger partial charge in [0.05, 0.1) is 12.0 Å². The molecule has 0 amide bonds. The van der Waals surface area contributed by atoms with E-state index in [2.05, 4.69) is 6.58 Å². The second kappa shape index (κ2) is 6.18.